The van der Waals surface area contributed by atoms with E-state index in [4.69, 9.17) is 11.6 Å². The molecular weight excluding hydrogens is 186 g/mol. The molecular formula is C9H10ClN3. The zero-order valence-electron chi connectivity index (χ0n) is 7.29. The zero-order valence-corrected chi connectivity index (χ0v) is 8.04. The maximum absolute atomic E-state index is 6.10. The number of imidazole rings is 1. The van der Waals surface area contributed by atoms with Gasteiger partial charge in [0.05, 0.1) is 5.69 Å². The molecule has 0 radical (unpaired) electrons. The average Bonchev–Trinajstić information content (AvgIpc) is 2.46. The minimum Gasteiger partial charge on any atom is -0.314 e. The van der Waals surface area contributed by atoms with E-state index in [1.54, 1.807) is 0 Å². The third-order valence-corrected chi connectivity index (χ3v) is 2.28. The van der Waals surface area contributed by atoms with Crippen molar-refractivity contribution in [3.05, 3.63) is 35.2 Å². The van der Waals surface area contributed by atoms with Gasteiger partial charge in [-0.3, -0.25) is 4.40 Å². The zero-order chi connectivity index (χ0) is 9.26. The number of nitrogens with zero attached hydrogens (tertiary/aromatic N) is 2. The van der Waals surface area contributed by atoms with Crippen molar-refractivity contribution in [1.82, 2.24) is 14.7 Å². The Hall–Kier alpha value is -1.06. The Balaban J connectivity index is 2.60. The standard InChI is InChI=1S/C9H10ClN3/c1-11-6-7-9(10)13-5-3-2-4-8(13)12-7/h2-5,11H,6H2,1H3. The van der Waals surface area contributed by atoms with Gasteiger partial charge in [-0.25, -0.2) is 4.98 Å². The van der Waals surface area contributed by atoms with Gasteiger partial charge in [0.25, 0.3) is 0 Å². The highest BCUT2D eigenvalue weighted by Crippen LogP contribution is 2.17. The van der Waals surface area contributed by atoms with Crippen LogP contribution in [0.5, 0.6) is 0 Å². The summed E-state index contributed by atoms with van der Waals surface area (Å²) < 4.78 is 1.87. The first-order valence-electron chi connectivity index (χ1n) is 4.09. The lowest BCUT2D eigenvalue weighted by molar-refractivity contribution is 0.798. The summed E-state index contributed by atoms with van der Waals surface area (Å²) in [4.78, 5) is 4.37. The van der Waals surface area contributed by atoms with E-state index in [1.165, 1.54) is 0 Å². The predicted molar refractivity (Wildman–Crippen MR) is 53.0 cm³/mol. The summed E-state index contributed by atoms with van der Waals surface area (Å²) in [6, 6.07) is 5.82. The van der Waals surface area contributed by atoms with Gasteiger partial charge in [0, 0.05) is 12.7 Å². The monoisotopic (exact) mass is 195 g/mol. The van der Waals surface area contributed by atoms with E-state index in [0.29, 0.717) is 11.7 Å². The average molecular weight is 196 g/mol. The van der Waals surface area contributed by atoms with Crippen LogP contribution in [-0.4, -0.2) is 16.4 Å². The second-order valence-corrected chi connectivity index (χ2v) is 3.17. The SMILES string of the molecule is CNCc1nc2ccccn2c1Cl. The summed E-state index contributed by atoms with van der Waals surface area (Å²) in [5.41, 5.74) is 1.77. The molecule has 2 aromatic rings. The first kappa shape index (κ1) is 8.53. The molecule has 0 spiro atoms. The van der Waals surface area contributed by atoms with E-state index < -0.39 is 0 Å². The molecule has 0 aromatic carbocycles. The largest absolute Gasteiger partial charge is 0.314 e. The Kier molecular flexibility index (Phi) is 2.20. The van der Waals surface area contributed by atoms with Crippen LogP contribution in [0.4, 0.5) is 0 Å². The molecule has 2 rings (SSSR count). The van der Waals surface area contributed by atoms with Crippen LogP contribution in [0.15, 0.2) is 24.4 Å². The molecule has 0 unspecified atom stereocenters. The summed E-state index contributed by atoms with van der Waals surface area (Å²) in [6.45, 7) is 0.695. The van der Waals surface area contributed by atoms with Crippen LogP contribution in [0.25, 0.3) is 5.65 Å². The van der Waals surface area contributed by atoms with Gasteiger partial charge in [-0.05, 0) is 19.2 Å². The van der Waals surface area contributed by atoms with Gasteiger partial charge >= 0.3 is 0 Å². The molecule has 2 heterocycles. The third-order valence-electron chi connectivity index (χ3n) is 1.88. The Morgan fingerprint density at radius 3 is 3.08 bits per heavy atom. The smallest absolute Gasteiger partial charge is 0.138 e. The molecule has 0 fully saturated rings. The van der Waals surface area contributed by atoms with Gasteiger partial charge in [0.1, 0.15) is 10.8 Å². The van der Waals surface area contributed by atoms with E-state index >= 15 is 0 Å². The van der Waals surface area contributed by atoms with Gasteiger partial charge in [0.15, 0.2) is 0 Å². The van der Waals surface area contributed by atoms with Crippen LogP contribution < -0.4 is 5.32 Å². The van der Waals surface area contributed by atoms with Gasteiger partial charge in [-0.15, -0.1) is 0 Å². The lowest BCUT2D eigenvalue weighted by Crippen LogP contribution is -2.05. The topological polar surface area (TPSA) is 29.3 Å². The van der Waals surface area contributed by atoms with Gasteiger partial charge in [-0.1, -0.05) is 17.7 Å². The van der Waals surface area contributed by atoms with Crippen LogP contribution in [0.2, 0.25) is 5.15 Å². The Labute approximate surface area is 81.4 Å². The number of aromatic nitrogens is 2. The van der Waals surface area contributed by atoms with Gasteiger partial charge < -0.3 is 5.32 Å². The summed E-state index contributed by atoms with van der Waals surface area (Å²) in [6.07, 6.45) is 1.91. The first-order chi connectivity index (χ1) is 6.33. The molecule has 0 saturated heterocycles. The minimum absolute atomic E-state index is 0.685. The summed E-state index contributed by atoms with van der Waals surface area (Å²) in [5.74, 6) is 0. The van der Waals surface area contributed by atoms with Crippen LogP contribution in [0.1, 0.15) is 5.69 Å². The van der Waals surface area contributed by atoms with E-state index in [9.17, 15) is 0 Å². The second kappa shape index (κ2) is 3.36. The van der Waals surface area contributed by atoms with Crippen molar-refractivity contribution >= 4 is 17.2 Å². The predicted octanol–water partition coefficient (Wildman–Crippen LogP) is 1.71. The van der Waals surface area contributed by atoms with Crippen molar-refractivity contribution in [3.63, 3.8) is 0 Å². The highest BCUT2D eigenvalue weighted by Gasteiger charge is 2.07. The number of fused-ring (bicyclic) bond motifs is 1. The highest BCUT2D eigenvalue weighted by atomic mass is 35.5. The Morgan fingerprint density at radius 2 is 2.38 bits per heavy atom. The van der Waals surface area contributed by atoms with E-state index in [0.717, 1.165) is 11.3 Å². The molecule has 2 aromatic heterocycles. The van der Waals surface area contributed by atoms with Crippen LogP contribution >= 0.6 is 11.6 Å². The summed E-state index contributed by atoms with van der Waals surface area (Å²) >= 11 is 6.10. The van der Waals surface area contributed by atoms with E-state index in [-0.39, 0.29) is 0 Å². The molecule has 0 amide bonds. The maximum Gasteiger partial charge on any atom is 0.138 e. The summed E-state index contributed by atoms with van der Waals surface area (Å²) in [5, 5.41) is 3.71. The van der Waals surface area contributed by atoms with Crippen molar-refractivity contribution in [2.24, 2.45) is 0 Å². The molecule has 0 atom stereocenters. The fourth-order valence-corrected chi connectivity index (χ4v) is 1.55. The molecule has 68 valence electrons. The quantitative estimate of drug-likeness (QED) is 0.791. The van der Waals surface area contributed by atoms with Crippen LogP contribution in [-0.2, 0) is 6.54 Å². The van der Waals surface area contributed by atoms with Crippen LogP contribution in [0.3, 0.4) is 0 Å². The fraction of sp³-hybridized carbons (Fsp3) is 0.222. The lowest BCUT2D eigenvalue weighted by atomic mass is 10.5. The number of nitrogens with one attached hydrogen (secondary N) is 1. The van der Waals surface area contributed by atoms with Crippen LogP contribution in [0, 0.1) is 0 Å². The van der Waals surface area contributed by atoms with E-state index in [1.807, 2.05) is 35.8 Å². The number of halogens is 1. The Morgan fingerprint density at radius 1 is 1.54 bits per heavy atom. The van der Waals surface area contributed by atoms with Crippen molar-refractivity contribution in [2.45, 2.75) is 6.54 Å². The molecule has 4 heteroatoms. The van der Waals surface area contributed by atoms with Crippen molar-refractivity contribution in [1.29, 1.82) is 0 Å². The molecule has 0 aliphatic heterocycles. The van der Waals surface area contributed by atoms with Crippen molar-refractivity contribution in [3.8, 4) is 0 Å². The Bertz CT molecular complexity index is 422. The normalized spacial score (nSPS) is 10.9. The summed E-state index contributed by atoms with van der Waals surface area (Å²) in [7, 11) is 1.88. The van der Waals surface area contributed by atoms with Crippen molar-refractivity contribution < 1.29 is 0 Å². The number of rotatable bonds is 2. The number of hydrogen-bond donors (Lipinski definition) is 1. The molecule has 0 bridgehead atoms. The molecule has 0 saturated carbocycles. The number of hydrogen-bond acceptors (Lipinski definition) is 2. The second-order valence-electron chi connectivity index (χ2n) is 2.81. The molecule has 0 aliphatic rings. The maximum atomic E-state index is 6.10. The van der Waals surface area contributed by atoms with E-state index in [2.05, 4.69) is 10.3 Å². The third kappa shape index (κ3) is 1.41. The van der Waals surface area contributed by atoms with Crippen molar-refractivity contribution in [2.75, 3.05) is 7.05 Å². The first-order valence-corrected chi connectivity index (χ1v) is 4.47. The lowest BCUT2D eigenvalue weighted by Gasteiger charge is -1.94. The highest BCUT2D eigenvalue weighted by molar-refractivity contribution is 6.30. The van der Waals surface area contributed by atoms with Gasteiger partial charge in [0.2, 0.25) is 0 Å². The molecule has 1 N–H and O–H groups in total. The molecule has 0 aliphatic carbocycles. The minimum atomic E-state index is 0.685. The fourth-order valence-electron chi connectivity index (χ4n) is 1.29. The van der Waals surface area contributed by atoms with Gasteiger partial charge in [-0.2, -0.15) is 0 Å². The molecule has 13 heavy (non-hydrogen) atoms. The number of pyridine rings is 1. The molecule has 3 nitrogen and oxygen atoms in total.